The van der Waals surface area contributed by atoms with E-state index in [-0.39, 0.29) is 0 Å². The summed E-state index contributed by atoms with van der Waals surface area (Å²) in [6.45, 7) is 7.26. The number of hydrogen-bond acceptors (Lipinski definition) is 4. The molecule has 2 aromatic rings. The first-order chi connectivity index (χ1) is 10.8. The predicted molar refractivity (Wildman–Crippen MR) is 89.7 cm³/mol. The van der Waals surface area contributed by atoms with Crippen LogP contribution in [0.2, 0.25) is 0 Å². The Morgan fingerprint density at radius 1 is 1.18 bits per heavy atom. The minimum absolute atomic E-state index is 0.852. The molecule has 4 nitrogen and oxygen atoms in total. The number of thiophene rings is 1. The number of fused-ring (bicyclic) bond motifs is 1. The van der Waals surface area contributed by atoms with E-state index in [9.17, 15) is 0 Å². The van der Waals surface area contributed by atoms with E-state index in [2.05, 4.69) is 38.6 Å². The number of likely N-dealkylation sites (tertiary alicyclic amines) is 2. The number of rotatable bonds is 4. The van der Waals surface area contributed by atoms with Crippen LogP contribution in [-0.2, 0) is 20.1 Å². The van der Waals surface area contributed by atoms with Gasteiger partial charge in [0.2, 0.25) is 0 Å². The van der Waals surface area contributed by atoms with Crippen molar-refractivity contribution >= 4 is 11.3 Å². The summed E-state index contributed by atoms with van der Waals surface area (Å²) >= 11 is 1.89. The van der Waals surface area contributed by atoms with Crippen LogP contribution >= 0.6 is 11.3 Å². The lowest BCUT2D eigenvalue weighted by Crippen LogP contribution is -2.39. The molecular weight excluding hydrogens is 292 g/mol. The van der Waals surface area contributed by atoms with E-state index in [1.54, 1.807) is 0 Å². The quantitative estimate of drug-likeness (QED) is 0.866. The topological polar surface area (TPSA) is 24.3 Å². The molecule has 2 saturated heterocycles. The zero-order valence-corrected chi connectivity index (χ0v) is 14.0. The highest BCUT2D eigenvalue weighted by atomic mass is 32.1. The molecular formula is C17H24N4S. The fourth-order valence-electron chi connectivity index (χ4n) is 4.05. The summed E-state index contributed by atoms with van der Waals surface area (Å²) in [6, 6.07) is 4.43. The molecule has 0 radical (unpaired) electrons. The summed E-state index contributed by atoms with van der Waals surface area (Å²) in [6.07, 6.45) is 5.50. The van der Waals surface area contributed by atoms with Gasteiger partial charge in [-0.3, -0.25) is 14.5 Å². The van der Waals surface area contributed by atoms with Gasteiger partial charge in [-0.05, 0) is 36.2 Å². The van der Waals surface area contributed by atoms with Crippen molar-refractivity contribution in [1.29, 1.82) is 0 Å². The summed E-state index contributed by atoms with van der Waals surface area (Å²) in [4.78, 5) is 6.78. The van der Waals surface area contributed by atoms with Gasteiger partial charge in [-0.1, -0.05) is 6.07 Å². The summed E-state index contributed by atoms with van der Waals surface area (Å²) in [5.41, 5.74) is 1.34. The van der Waals surface area contributed by atoms with Crippen molar-refractivity contribution in [3.05, 3.63) is 40.3 Å². The summed E-state index contributed by atoms with van der Waals surface area (Å²) in [5, 5.41) is 6.47. The maximum Gasteiger partial charge on any atom is 0.0534 e. The minimum Gasteiger partial charge on any atom is -0.299 e. The van der Waals surface area contributed by atoms with Crippen LogP contribution in [0.25, 0.3) is 0 Å². The largest absolute Gasteiger partial charge is 0.299 e. The number of aryl methyl sites for hydroxylation is 1. The minimum atomic E-state index is 0.852. The third kappa shape index (κ3) is 3.12. The third-order valence-corrected chi connectivity index (χ3v) is 5.95. The van der Waals surface area contributed by atoms with E-state index in [0.717, 1.165) is 24.9 Å². The van der Waals surface area contributed by atoms with Crippen molar-refractivity contribution in [1.82, 2.24) is 19.6 Å². The molecule has 0 saturated carbocycles. The van der Waals surface area contributed by atoms with Gasteiger partial charge in [0.15, 0.2) is 0 Å². The lowest BCUT2D eigenvalue weighted by molar-refractivity contribution is 0.142. The van der Waals surface area contributed by atoms with E-state index >= 15 is 0 Å². The molecule has 2 aromatic heterocycles. The fourth-order valence-corrected chi connectivity index (χ4v) is 4.79. The van der Waals surface area contributed by atoms with Crippen LogP contribution in [0.1, 0.15) is 16.9 Å². The van der Waals surface area contributed by atoms with Crippen molar-refractivity contribution in [2.24, 2.45) is 18.9 Å². The maximum absolute atomic E-state index is 4.29. The van der Waals surface area contributed by atoms with E-state index in [1.165, 1.54) is 43.0 Å². The highest BCUT2D eigenvalue weighted by Crippen LogP contribution is 2.32. The maximum atomic E-state index is 4.29. The Kier molecular flexibility index (Phi) is 4.03. The van der Waals surface area contributed by atoms with Gasteiger partial charge in [0.05, 0.1) is 6.20 Å². The standard InChI is InChI=1S/C17H24N4S/c1-19-8-14(7-18-19)9-20-5-4-15-10-21(12-16(15)11-20)13-17-3-2-6-22-17/h2-3,6-8,15-16H,4-5,9-13H2,1H3/t15-,16+/m1/s1. The van der Waals surface area contributed by atoms with Gasteiger partial charge >= 0.3 is 0 Å². The molecule has 0 aliphatic carbocycles. The molecule has 2 aliphatic heterocycles. The molecule has 118 valence electrons. The average molecular weight is 316 g/mol. The zero-order chi connectivity index (χ0) is 14.9. The van der Waals surface area contributed by atoms with Gasteiger partial charge in [0.1, 0.15) is 0 Å². The van der Waals surface area contributed by atoms with Crippen molar-refractivity contribution < 1.29 is 0 Å². The summed E-state index contributed by atoms with van der Waals surface area (Å²) in [7, 11) is 2.00. The Labute approximate surface area is 136 Å². The third-order valence-electron chi connectivity index (χ3n) is 5.08. The normalized spacial score (nSPS) is 26.4. The van der Waals surface area contributed by atoms with Crippen LogP contribution in [-0.4, -0.2) is 45.8 Å². The van der Waals surface area contributed by atoms with Gasteiger partial charge in [0, 0.05) is 56.4 Å². The molecule has 2 atom stereocenters. The van der Waals surface area contributed by atoms with E-state index < -0.39 is 0 Å². The molecule has 0 bridgehead atoms. The molecule has 0 aromatic carbocycles. The van der Waals surface area contributed by atoms with Crippen LogP contribution < -0.4 is 0 Å². The Balaban J connectivity index is 1.33. The fraction of sp³-hybridized carbons (Fsp3) is 0.588. The first-order valence-electron chi connectivity index (χ1n) is 8.21. The van der Waals surface area contributed by atoms with Crippen LogP contribution in [0.15, 0.2) is 29.9 Å². The van der Waals surface area contributed by atoms with Crippen molar-refractivity contribution in [2.75, 3.05) is 26.2 Å². The Morgan fingerprint density at radius 2 is 2.05 bits per heavy atom. The molecule has 0 amide bonds. The highest BCUT2D eigenvalue weighted by Gasteiger charge is 2.36. The Morgan fingerprint density at radius 3 is 2.82 bits per heavy atom. The molecule has 22 heavy (non-hydrogen) atoms. The lowest BCUT2D eigenvalue weighted by Gasteiger charge is -2.34. The summed E-state index contributed by atoms with van der Waals surface area (Å²) in [5.74, 6) is 1.76. The van der Waals surface area contributed by atoms with Crippen LogP contribution in [0.5, 0.6) is 0 Å². The van der Waals surface area contributed by atoms with Crippen molar-refractivity contribution in [3.8, 4) is 0 Å². The number of piperidine rings is 1. The molecule has 2 fully saturated rings. The van der Waals surface area contributed by atoms with Crippen molar-refractivity contribution in [2.45, 2.75) is 19.5 Å². The monoisotopic (exact) mass is 316 g/mol. The SMILES string of the molecule is Cn1cc(CN2CC[C@@H]3CN(Cc4cccs4)C[C@@H]3C2)cn1. The second-order valence-electron chi connectivity index (χ2n) is 6.84. The van der Waals surface area contributed by atoms with Crippen LogP contribution in [0.3, 0.4) is 0 Å². The second kappa shape index (κ2) is 6.14. The first kappa shape index (κ1) is 14.4. The molecule has 2 aliphatic rings. The van der Waals surface area contributed by atoms with E-state index in [4.69, 9.17) is 0 Å². The van der Waals surface area contributed by atoms with Gasteiger partial charge in [-0.15, -0.1) is 11.3 Å². The number of aromatic nitrogens is 2. The number of nitrogens with zero attached hydrogens (tertiary/aromatic N) is 4. The Bertz CT molecular complexity index is 606. The van der Waals surface area contributed by atoms with Crippen LogP contribution in [0.4, 0.5) is 0 Å². The van der Waals surface area contributed by atoms with Gasteiger partial charge in [-0.2, -0.15) is 5.10 Å². The molecule has 0 unspecified atom stereocenters. The first-order valence-corrected chi connectivity index (χ1v) is 9.09. The molecule has 0 spiro atoms. The zero-order valence-electron chi connectivity index (χ0n) is 13.2. The molecule has 0 N–H and O–H groups in total. The smallest absolute Gasteiger partial charge is 0.0534 e. The average Bonchev–Trinajstić information content (AvgIpc) is 3.20. The lowest BCUT2D eigenvalue weighted by atomic mass is 9.88. The molecule has 5 heteroatoms. The molecule has 4 heterocycles. The van der Waals surface area contributed by atoms with Gasteiger partial charge in [-0.25, -0.2) is 0 Å². The van der Waals surface area contributed by atoms with E-state index in [1.807, 2.05) is 29.3 Å². The van der Waals surface area contributed by atoms with E-state index in [0.29, 0.717) is 0 Å². The highest BCUT2D eigenvalue weighted by molar-refractivity contribution is 7.09. The predicted octanol–water partition coefficient (Wildman–Crippen LogP) is 2.44. The Hall–Kier alpha value is -1.17. The van der Waals surface area contributed by atoms with Crippen molar-refractivity contribution in [3.63, 3.8) is 0 Å². The number of hydrogen-bond donors (Lipinski definition) is 0. The second-order valence-corrected chi connectivity index (χ2v) is 7.87. The van der Waals surface area contributed by atoms with Gasteiger partial charge < -0.3 is 0 Å². The van der Waals surface area contributed by atoms with Crippen LogP contribution in [0, 0.1) is 11.8 Å². The van der Waals surface area contributed by atoms with Gasteiger partial charge in [0.25, 0.3) is 0 Å². The summed E-state index contributed by atoms with van der Waals surface area (Å²) < 4.78 is 1.90. The molecule has 4 rings (SSSR count).